The summed E-state index contributed by atoms with van der Waals surface area (Å²) in [4.78, 5) is 11.7. The molecule has 0 fully saturated rings. The molecule has 0 unspecified atom stereocenters. The first-order valence-electron chi connectivity index (χ1n) is 10.7. The molecule has 0 aliphatic rings. The molecule has 0 aromatic rings. The molecule has 0 radical (unpaired) electrons. The van der Waals surface area contributed by atoms with E-state index in [1.165, 1.54) is 77.0 Å². The monoisotopic (exact) mass is 354 g/mol. The number of esters is 1. The molecule has 0 aromatic carbocycles. The summed E-state index contributed by atoms with van der Waals surface area (Å²) in [6.07, 6.45) is 19.0. The summed E-state index contributed by atoms with van der Waals surface area (Å²) in [5.74, 6) is -0.0506. The van der Waals surface area contributed by atoms with Crippen molar-refractivity contribution in [2.24, 2.45) is 0 Å². The van der Waals surface area contributed by atoms with Gasteiger partial charge in [-0.1, -0.05) is 97.3 Å². The van der Waals surface area contributed by atoms with Gasteiger partial charge >= 0.3 is 5.97 Å². The molecule has 0 saturated carbocycles. The van der Waals surface area contributed by atoms with Crippen LogP contribution in [0.5, 0.6) is 0 Å². The Morgan fingerprint density at radius 3 is 1.64 bits per heavy atom. The number of ether oxygens (including phenoxy) is 2. The highest BCUT2D eigenvalue weighted by Gasteiger charge is 2.06. The van der Waals surface area contributed by atoms with Gasteiger partial charge in [0.2, 0.25) is 0 Å². The standard InChI is InChI=1S/C22H42O3/c1-4-6-8-10-12-13-14-15-17-19-22(23)25-21(3)24-20-18-16-11-9-7-5-2/h3-20H2,1-2H3. The molecule has 0 aliphatic carbocycles. The van der Waals surface area contributed by atoms with Crippen LogP contribution in [0, 0.1) is 0 Å². The SMILES string of the molecule is C=C(OCCCCCCCC)OC(=O)CCCCCCCCCCC. The Balaban J connectivity index is 3.34. The van der Waals surface area contributed by atoms with Gasteiger partial charge in [-0.05, 0) is 19.4 Å². The van der Waals surface area contributed by atoms with Gasteiger partial charge in [-0.3, -0.25) is 4.79 Å². The fourth-order valence-corrected chi connectivity index (χ4v) is 2.86. The fraction of sp³-hybridized carbons (Fsp3) is 0.864. The van der Waals surface area contributed by atoms with E-state index in [1.54, 1.807) is 0 Å². The maximum absolute atomic E-state index is 11.7. The summed E-state index contributed by atoms with van der Waals surface area (Å²) in [6, 6.07) is 0. The van der Waals surface area contributed by atoms with Gasteiger partial charge in [0.15, 0.2) is 0 Å². The third-order valence-corrected chi connectivity index (χ3v) is 4.47. The maximum Gasteiger partial charge on any atom is 0.313 e. The third kappa shape index (κ3) is 19.2. The number of hydrogen-bond donors (Lipinski definition) is 0. The summed E-state index contributed by atoms with van der Waals surface area (Å²) < 4.78 is 10.5. The van der Waals surface area contributed by atoms with Gasteiger partial charge in [0.25, 0.3) is 5.95 Å². The van der Waals surface area contributed by atoms with E-state index in [1.807, 2.05) is 0 Å². The van der Waals surface area contributed by atoms with Crippen LogP contribution in [0.25, 0.3) is 0 Å². The van der Waals surface area contributed by atoms with E-state index in [0.717, 1.165) is 19.3 Å². The molecule has 148 valence electrons. The van der Waals surface area contributed by atoms with Crippen LogP contribution >= 0.6 is 0 Å². The van der Waals surface area contributed by atoms with Gasteiger partial charge in [-0.2, -0.15) is 0 Å². The van der Waals surface area contributed by atoms with Crippen LogP contribution in [-0.4, -0.2) is 12.6 Å². The summed E-state index contributed by atoms with van der Waals surface area (Å²) in [5, 5.41) is 0. The molecular formula is C22H42O3. The van der Waals surface area contributed by atoms with Gasteiger partial charge in [-0.25, -0.2) is 0 Å². The quantitative estimate of drug-likeness (QED) is 0.139. The van der Waals surface area contributed by atoms with Crippen LogP contribution in [0.2, 0.25) is 0 Å². The zero-order chi connectivity index (χ0) is 18.6. The first kappa shape index (κ1) is 24.0. The highest BCUT2D eigenvalue weighted by Crippen LogP contribution is 2.12. The molecule has 0 bridgehead atoms. The lowest BCUT2D eigenvalue weighted by Crippen LogP contribution is -2.06. The number of hydrogen-bond acceptors (Lipinski definition) is 3. The van der Waals surface area contributed by atoms with Crippen LogP contribution in [0.15, 0.2) is 12.5 Å². The third-order valence-electron chi connectivity index (χ3n) is 4.47. The van der Waals surface area contributed by atoms with E-state index < -0.39 is 0 Å². The van der Waals surface area contributed by atoms with Crippen molar-refractivity contribution < 1.29 is 14.3 Å². The number of rotatable bonds is 19. The smallest absolute Gasteiger partial charge is 0.313 e. The lowest BCUT2D eigenvalue weighted by atomic mass is 10.1. The van der Waals surface area contributed by atoms with Crippen molar-refractivity contribution in [1.29, 1.82) is 0 Å². The second kappa shape index (κ2) is 19.3. The zero-order valence-corrected chi connectivity index (χ0v) is 17.0. The lowest BCUT2D eigenvalue weighted by molar-refractivity contribution is -0.145. The second-order valence-corrected chi connectivity index (χ2v) is 7.04. The van der Waals surface area contributed by atoms with Crippen molar-refractivity contribution in [2.45, 2.75) is 117 Å². The largest absolute Gasteiger partial charge is 0.466 e. The molecule has 0 N–H and O–H groups in total. The summed E-state index contributed by atoms with van der Waals surface area (Å²) in [6.45, 7) is 8.73. The Morgan fingerprint density at radius 2 is 1.12 bits per heavy atom. The topological polar surface area (TPSA) is 35.5 Å². The summed E-state index contributed by atoms with van der Waals surface area (Å²) in [5.41, 5.74) is 0. The van der Waals surface area contributed by atoms with Crippen molar-refractivity contribution in [3.63, 3.8) is 0 Å². The van der Waals surface area contributed by atoms with Crippen LogP contribution in [0.1, 0.15) is 117 Å². The summed E-state index contributed by atoms with van der Waals surface area (Å²) >= 11 is 0. The minimum Gasteiger partial charge on any atom is -0.466 e. The van der Waals surface area contributed by atoms with Gasteiger partial charge in [-0.15, -0.1) is 0 Å². The van der Waals surface area contributed by atoms with Crippen molar-refractivity contribution in [3.05, 3.63) is 12.5 Å². The second-order valence-electron chi connectivity index (χ2n) is 7.04. The molecule has 25 heavy (non-hydrogen) atoms. The van der Waals surface area contributed by atoms with Gasteiger partial charge in [0.05, 0.1) is 6.61 Å². The van der Waals surface area contributed by atoms with Crippen LogP contribution in [0.4, 0.5) is 0 Å². The van der Waals surface area contributed by atoms with Crippen molar-refractivity contribution >= 4 is 5.97 Å². The minimum absolute atomic E-state index is 0.162. The number of carbonyl (C=O) groups is 1. The van der Waals surface area contributed by atoms with E-state index in [0.29, 0.717) is 13.0 Å². The van der Waals surface area contributed by atoms with E-state index in [4.69, 9.17) is 9.47 Å². The Labute approximate surface area is 156 Å². The van der Waals surface area contributed by atoms with Crippen LogP contribution < -0.4 is 0 Å². The Morgan fingerprint density at radius 1 is 0.680 bits per heavy atom. The van der Waals surface area contributed by atoms with E-state index >= 15 is 0 Å². The molecular weight excluding hydrogens is 312 g/mol. The van der Waals surface area contributed by atoms with E-state index in [-0.39, 0.29) is 11.9 Å². The molecule has 3 heteroatoms. The van der Waals surface area contributed by atoms with Crippen molar-refractivity contribution in [1.82, 2.24) is 0 Å². The van der Waals surface area contributed by atoms with Gasteiger partial charge in [0, 0.05) is 6.42 Å². The van der Waals surface area contributed by atoms with E-state index in [2.05, 4.69) is 20.4 Å². The zero-order valence-electron chi connectivity index (χ0n) is 17.0. The highest BCUT2D eigenvalue weighted by molar-refractivity contribution is 5.70. The van der Waals surface area contributed by atoms with Crippen molar-refractivity contribution in [2.75, 3.05) is 6.61 Å². The minimum atomic E-state index is -0.212. The van der Waals surface area contributed by atoms with Gasteiger partial charge < -0.3 is 9.47 Å². The van der Waals surface area contributed by atoms with Crippen LogP contribution in [0.3, 0.4) is 0 Å². The molecule has 3 nitrogen and oxygen atoms in total. The van der Waals surface area contributed by atoms with Crippen LogP contribution in [-0.2, 0) is 14.3 Å². The Kier molecular flexibility index (Phi) is 18.6. The lowest BCUT2D eigenvalue weighted by Gasteiger charge is -2.09. The Bertz CT molecular complexity index is 312. The molecule has 0 heterocycles. The molecule has 0 saturated heterocycles. The first-order chi connectivity index (χ1) is 12.2. The van der Waals surface area contributed by atoms with Crippen molar-refractivity contribution in [3.8, 4) is 0 Å². The van der Waals surface area contributed by atoms with Gasteiger partial charge in [0.1, 0.15) is 0 Å². The molecule has 0 spiro atoms. The first-order valence-corrected chi connectivity index (χ1v) is 10.7. The predicted molar refractivity (Wildman–Crippen MR) is 106 cm³/mol. The molecule has 0 aliphatic heterocycles. The normalized spacial score (nSPS) is 10.6. The fourth-order valence-electron chi connectivity index (χ4n) is 2.86. The molecule has 0 aromatic heterocycles. The molecule has 0 amide bonds. The average molecular weight is 355 g/mol. The number of carbonyl (C=O) groups excluding carboxylic acids is 1. The maximum atomic E-state index is 11.7. The highest BCUT2D eigenvalue weighted by atomic mass is 16.7. The molecule has 0 rings (SSSR count). The molecule has 0 atom stereocenters. The Hall–Kier alpha value is -0.990. The predicted octanol–water partition coefficient (Wildman–Crippen LogP) is 7.30. The summed E-state index contributed by atoms with van der Waals surface area (Å²) in [7, 11) is 0. The van der Waals surface area contributed by atoms with E-state index in [9.17, 15) is 4.79 Å². The number of unbranched alkanes of at least 4 members (excludes halogenated alkanes) is 13. The average Bonchev–Trinajstić information content (AvgIpc) is 2.59.